The summed E-state index contributed by atoms with van der Waals surface area (Å²) in [5, 5.41) is 0.571. The molecule has 0 saturated heterocycles. The van der Waals surface area contributed by atoms with Gasteiger partial charge in [-0.25, -0.2) is 9.97 Å². The number of hydrogen-bond donors (Lipinski definition) is 1. The molecule has 0 aliphatic heterocycles. The molecule has 2 aromatic rings. The van der Waals surface area contributed by atoms with Crippen molar-refractivity contribution < 1.29 is 13.2 Å². The van der Waals surface area contributed by atoms with Crippen LogP contribution in [-0.2, 0) is 6.18 Å². The number of alkyl halides is 3. The summed E-state index contributed by atoms with van der Waals surface area (Å²) in [5.41, 5.74) is 5.42. The molecule has 0 aliphatic rings. The van der Waals surface area contributed by atoms with E-state index in [1.165, 1.54) is 6.07 Å². The van der Waals surface area contributed by atoms with Crippen LogP contribution in [0.5, 0.6) is 0 Å². The summed E-state index contributed by atoms with van der Waals surface area (Å²) in [5.74, 6) is -0.0238. The van der Waals surface area contributed by atoms with Crippen molar-refractivity contribution >= 4 is 16.9 Å². The van der Waals surface area contributed by atoms with Gasteiger partial charge in [-0.05, 0) is 19.1 Å². The molecule has 0 aliphatic carbocycles. The molecular formula is C10H8F3N3. The lowest BCUT2D eigenvalue weighted by Gasteiger charge is -2.08. The molecule has 3 nitrogen and oxygen atoms in total. The molecular weight excluding hydrogens is 219 g/mol. The maximum absolute atomic E-state index is 12.4. The highest BCUT2D eigenvalue weighted by molar-refractivity contribution is 5.82. The van der Waals surface area contributed by atoms with Gasteiger partial charge in [0.2, 0.25) is 5.95 Å². The summed E-state index contributed by atoms with van der Waals surface area (Å²) < 4.78 is 37.3. The summed E-state index contributed by atoms with van der Waals surface area (Å²) in [6.45, 7) is 1.67. The number of nitrogen functional groups attached to an aromatic ring is 1. The quantitative estimate of drug-likeness (QED) is 0.752. The van der Waals surface area contributed by atoms with Crippen molar-refractivity contribution in [1.82, 2.24) is 9.97 Å². The Morgan fingerprint density at radius 3 is 2.50 bits per heavy atom. The molecule has 2 N–H and O–H groups in total. The van der Waals surface area contributed by atoms with Gasteiger partial charge in [0.1, 0.15) is 0 Å². The Morgan fingerprint density at radius 1 is 1.19 bits per heavy atom. The molecule has 0 bridgehead atoms. The molecule has 0 saturated carbocycles. The van der Waals surface area contributed by atoms with E-state index in [0.717, 1.165) is 12.1 Å². The highest BCUT2D eigenvalue weighted by atomic mass is 19.4. The predicted octanol–water partition coefficient (Wildman–Crippen LogP) is 2.54. The molecule has 2 rings (SSSR count). The van der Waals surface area contributed by atoms with Crippen LogP contribution in [0.2, 0.25) is 0 Å². The third-order valence-electron chi connectivity index (χ3n) is 2.23. The van der Waals surface area contributed by atoms with Gasteiger partial charge in [-0.15, -0.1) is 0 Å². The van der Waals surface area contributed by atoms with E-state index in [2.05, 4.69) is 9.97 Å². The van der Waals surface area contributed by atoms with Crippen LogP contribution in [0.3, 0.4) is 0 Å². The largest absolute Gasteiger partial charge is 0.416 e. The Balaban J connectivity index is 2.71. The summed E-state index contributed by atoms with van der Waals surface area (Å²) >= 11 is 0. The second-order valence-corrected chi connectivity index (χ2v) is 3.40. The molecule has 1 aromatic carbocycles. The molecule has 0 spiro atoms. The number of nitrogens with two attached hydrogens (primary N) is 1. The third-order valence-corrected chi connectivity index (χ3v) is 2.23. The van der Waals surface area contributed by atoms with Gasteiger partial charge in [-0.1, -0.05) is 6.07 Å². The first kappa shape index (κ1) is 10.7. The normalized spacial score (nSPS) is 12.0. The molecule has 84 valence electrons. The highest BCUT2D eigenvalue weighted by Gasteiger charge is 2.30. The van der Waals surface area contributed by atoms with E-state index in [9.17, 15) is 13.2 Å². The molecule has 0 unspecified atom stereocenters. The van der Waals surface area contributed by atoms with Crippen LogP contribution >= 0.6 is 0 Å². The van der Waals surface area contributed by atoms with E-state index < -0.39 is 11.7 Å². The van der Waals surface area contributed by atoms with Crippen molar-refractivity contribution in [2.45, 2.75) is 13.1 Å². The van der Waals surface area contributed by atoms with Crippen molar-refractivity contribution in [3.8, 4) is 0 Å². The topological polar surface area (TPSA) is 51.8 Å². The monoisotopic (exact) mass is 227 g/mol. The predicted molar refractivity (Wildman–Crippen MR) is 53.7 cm³/mol. The number of aryl methyl sites for hydroxylation is 1. The van der Waals surface area contributed by atoms with Crippen molar-refractivity contribution in [3.05, 3.63) is 29.5 Å². The van der Waals surface area contributed by atoms with Gasteiger partial charge in [0.05, 0.1) is 16.8 Å². The molecule has 6 heteroatoms. The number of hydrogen-bond acceptors (Lipinski definition) is 3. The Morgan fingerprint density at radius 2 is 1.88 bits per heavy atom. The van der Waals surface area contributed by atoms with Crippen molar-refractivity contribution in [3.63, 3.8) is 0 Å². The molecule has 16 heavy (non-hydrogen) atoms. The summed E-state index contributed by atoms with van der Waals surface area (Å²) in [6, 6.07) is 3.34. The number of halogens is 3. The maximum Gasteiger partial charge on any atom is 0.416 e. The molecule has 0 radical (unpaired) electrons. The van der Waals surface area contributed by atoms with Gasteiger partial charge in [0, 0.05) is 5.39 Å². The van der Waals surface area contributed by atoms with Crippen molar-refractivity contribution in [1.29, 1.82) is 0 Å². The van der Waals surface area contributed by atoms with E-state index >= 15 is 0 Å². The lowest BCUT2D eigenvalue weighted by atomic mass is 10.1. The lowest BCUT2D eigenvalue weighted by Crippen LogP contribution is -2.05. The molecule has 0 amide bonds. The van der Waals surface area contributed by atoms with Gasteiger partial charge in [0.25, 0.3) is 0 Å². The van der Waals surface area contributed by atoms with E-state index in [1.807, 2.05) is 0 Å². The Bertz CT molecular complexity index is 549. The minimum absolute atomic E-state index is 0.0238. The average molecular weight is 227 g/mol. The number of nitrogens with zero attached hydrogens (tertiary/aromatic N) is 2. The molecule has 0 atom stereocenters. The van der Waals surface area contributed by atoms with Gasteiger partial charge < -0.3 is 5.73 Å². The standard InChI is InChI=1S/C10H8F3N3/c1-5-7-3-2-6(10(11,12)13)4-8(7)16-9(14)15-5/h2-4H,1H3,(H2,14,15,16). The first-order valence-corrected chi connectivity index (χ1v) is 4.49. The van der Waals surface area contributed by atoms with E-state index in [-0.39, 0.29) is 11.5 Å². The Kier molecular flexibility index (Phi) is 2.22. The van der Waals surface area contributed by atoms with E-state index in [1.54, 1.807) is 6.92 Å². The Labute approximate surface area is 89.1 Å². The van der Waals surface area contributed by atoms with Crippen LogP contribution in [0.25, 0.3) is 10.9 Å². The highest BCUT2D eigenvalue weighted by Crippen LogP contribution is 2.31. The van der Waals surface area contributed by atoms with Gasteiger partial charge in [-0.3, -0.25) is 0 Å². The SMILES string of the molecule is Cc1nc(N)nc2cc(C(F)(F)F)ccc12. The van der Waals surface area contributed by atoms with Crippen LogP contribution in [0.15, 0.2) is 18.2 Å². The fraction of sp³-hybridized carbons (Fsp3) is 0.200. The second-order valence-electron chi connectivity index (χ2n) is 3.40. The number of benzene rings is 1. The van der Waals surface area contributed by atoms with E-state index in [4.69, 9.17) is 5.73 Å². The molecule has 1 aromatic heterocycles. The number of fused-ring (bicyclic) bond motifs is 1. The summed E-state index contributed by atoms with van der Waals surface area (Å²) in [4.78, 5) is 7.66. The number of anilines is 1. The van der Waals surface area contributed by atoms with Crippen LogP contribution in [0.1, 0.15) is 11.3 Å². The van der Waals surface area contributed by atoms with Crippen molar-refractivity contribution in [2.75, 3.05) is 5.73 Å². The zero-order chi connectivity index (χ0) is 11.9. The van der Waals surface area contributed by atoms with Gasteiger partial charge >= 0.3 is 6.18 Å². The average Bonchev–Trinajstić information content (AvgIpc) is 2.15. The minimum Gasteiger partial charge on any atom is -0.368 e. The zero-order valence-electron chi connectivity index (χ0n) is 8.34. The van der Waals surface area contributed by atoms with Crippen LogP contribution < -0.4 is 5.73 Å². The van der Waals surface area contributed by atoms with Crippen molar-refractivity contribution in [2.24, 2.45) is 0 Å². The molecule has 0 fully saturated rings. The summed E-state index contributed by atoms with van der Waals surface area (Å²) in [6.07, 6.45) is -4.37. The van der Waals surface area contributed by atoms with Crippen LogP contribution in [0.4, 0.5) is 19.1 Å². The zero-order valence-corrected chi connectivity index (χ0v) is 8.34. The van der Waals surface area contributed by atoms with Crippen LogP contribution in [-0.4, -0.2) is 9.97 Å². The smallest absolute Gasteiger partial charge is 0.368 e. The Hall–Kier alpha value is -1.85. The summed E-state index contributed by atoms with van der Waals surface area (Å²) in [7, 11) is 0. The first-order chi connectivity index (χ1) is 7.38. The van der Waals surface area contributed by atoms with Crippen LogP contribution in [0, 0.1) is 6.92 Å². The van der Waals surface area contributed by atoms with E-state index in [0.29, 0.717) is 11.1 Å². The fourth-order valence-corrected chi connectivity index (χ4v) is 1.49. The first-order valence-electron chi connectivity index (χ1n) is 4.49. The second kappa shape index (κ2) is 3.33. The number of rotatable bonds is 0. The lowest BCUT2D eigenvalue weighted by molar-refractivity contribution is -0.137. The fourth-order valence-electron chi connectivity index (χ4n) is 1.49. The van der Waals surface area contributed by atoms with Gasteiger partial charge in [-0.2, -0.15) is 13.2 Å². The molecule has 1 heterocycles. The number of aromatic nitrogens is 2. The maximum atomic E-state index is 12.4. The third kappa shape index (κ3) is 1.78. The van der Waals surface area contributed by atoms with Gasteiger partial charge in [0.15, 0.2) is 0 Å². The minimum atomic E-state index is -4.37.